The lowest BCUT2D eigenvalue weighted by Crippen LogP contribution is -2.37. The van der Waals surface area contributed by atoms with Crippen molar-refractivity contribution in [3.8, 4) is 0 Å². The van der Waals surface area contributed by atoms with E-state index < -0.39 is 11.7 Å². The zero-order valence-corrected chi connectivity index (χ0v) is 15.6. The number of fused-ring (bicyclic) bond motifs is 1. The molecule has 2 amide bonds. The molecule has 2 heterocycles. The maximum Gasteiger partial charge on any atom is 0.416 e. The van der Waals surface area contributed by atoms with Gasteiger partial charge in [-0.3, -0.25) is 9.59 Å². The van der Waals surface area contributed by atoms with E-state index in [0.717, 1.165) is 23.5 Å². The van der Waals surface area contributed by atoms with Gasteiger partial charge in [-0.25, -0.2) is 4.98 Å². The van der Waals surface area contributed by atoms with Crippen LogP contribution in [0.4, 0.5) is 13.2 Å². The molecule has 0 aliphatic carbocycles. The Morgan fingerprint density at radius 3 is 2.71 bits per heavy atom. The standard InChI is InChI=1S/C19H21F3N4O2/c1-12(27)23-10-17-24-15-6-7-26(11-16(15)25(17)2)18(28)9-13-4-3-5-14(8-13)19(20,21)22/h3-5,8H,6-7,9-11H2,1-2H3,(H,23,27). The van der Waals surface area contributed by atoms with E-state index in [0.29, 0.717) is 37.4 Å². The molecule has 0 spiro atoms. The number of nitrogens with zero attached hydrogens (tertiary/aromatic N) is 3. The highest BCUT2D eigenvalue weighted by atomic mass is 19.4. The minimum atomic E-state index is -4.43. The van der Waals surface area contributed by atoms with Gasteiger partial charge in [-0.2, -0.15) is 13.2 Å². The van der Waals surface area contributed by atoms with E-state index in [-0.39, 0.29) is 18.2 Å². The van der Waals surface area contributed by atoms with Crippen molar-refractivity contribution in [3.63, 3.8) is 0 Å². The molecule has 1 N–H and O–H groups in total. The van der Waals surface area contributed by atoms with Gasteiger partial charge in [0.15, 0.2) is 0 Å². The van der Waals surface area contributed by atoms with Crippen molar-refractivity contribution < 1.29 is 22.8 Å². The largest absolute Gasteiger partial charge is 0.416 e. The number of aromatic nitrogens is 2. The molecule has 0 bridgehead atoms. The summed E-state index contributed by atoms with van der Waals surface area (Å²) in [6, 6.07) is 4.85. The molecule has 0 radical (unpaired) electrons. The van der Waals surface area contributed by atoms with E-state index >= 15 is 0 Å². The molecule has 0 fully saturated rings. The van der Waals surface area contributed by atoms with Crippen LogP contribution in [0.25, 0.3) is 0 Å². The van der Waals surface area contributed by atoms with Crippen molar-refractivity contribution in [1.82, 2.24) is 19.8 Å². The smallest absolute Gasteiger partial charge is 0.349 e. The number of benzene rings is 1. The van der Waals surface area contributed by atoms with Crippen LogP contribution in [0.1, 0.15) is 35.3 Å². The molecule has 1 aliphatic rings. The number of nitrogens with one attached hydrogen (secondary N) is 1. The van der Waals surface area contributed by atoms with Crippen LogP contribution in [0.5, 0.6) is 0 Å². The fraction of sp³-hybridized carbons (Fsp3) is 0.421. The molecule has 1 aromatic carbocycles. The second kappa shape index (κ2) is 7.65. The van der Waals surface area contributed by atoms with Crippen LogP contribution in [-0.2, 0) is 48.7 Å². The third kappa shape index (κ3) is 4.35. The van der Waals surface area contributed by atoms with Gasteiger partial charge < -0.3 is 14.8 Å². The van der Waals surface area contributed by atoms with E-state index in [9.17, 15) is 22.8 Å². The Labute approximate surface area is 160 Å². The molecule has 0 saturated carbocycles. The number of halogens is 3. The maximum atomic E-state index is 12.9. The second-order valence-electron chi connectivity index (χ2n) is 6.83. The van der Waals surface area contributed by atoms with E-state index in [1.54, 1.807) is 4.90 Å². The number of rotatable bonds is 4. The number of hydrogen-bond acceptors (Lipinski definition) is 3. The molecule has 0 saturated heterocycles. The maximum absolute atomic E-state index is 12.9. The lowest BCUT2D eigenvalue weighted by Gasteiger charge is -2.27. The molecular weight excluding hydrogens is 373 g/mol. The van der Waals surface area contributed by atoms with Crippen LogP contribution in [0.3, 0.4) is 0 Å². The molecular formula is C19H21F3N4O2. The lowest BCUT2D eigenvalue weighted by atomic mass is 10.1. The zero-order valence-electron chi connectivity index (χ0n) is 15.6. The van der Waals surface area contributed by atoms with E-state index in [1.807, 2.05) is 11.6 Å². The monoisotopic (exact) mass is 394 g/mol. The normalized spacial score (nSPS) is 14.0. The summed E-state index contributed by atoms with van der Waals surface area (Å²) in [6.45, 7) is 2.53. The third-order valence-electron chi connectivity index (χ3n) is 4.81. The molecule has 0 unspecified atom stereocenters. The Bertz CT molecular complexity index is 905. The van der Waals surface area contributed by atoms with Gasteiger partial charge in [-0.05, 0) is 11.6 Å². The van der Waals surface area contributed by atoms with Gasteiger partial charge in [0, 0.05) is 26.9 Å². The Kier molecular flexibility index (Phi) is 5.44. The summed E-state index contributed by atoms with van der Waals surface area (Å²) >= 11 is 0. The lowest BCUT2D eigenvalue weighted by molar-refractivity contribution is -0.138. The minimum absolute atomic E-state index is 0.0874. The number of alkyl halides is 3. The predicted octanol–water partition coefficient (Wildman–Crippen LogP) is 2.20. The van der Waals surface area contributed by atoms with Crippen LogP contribution in [0.2, 0.25) is 0 Å². The van der Waals surface area contributed by atoms with Gasteiger partial charge >= 0.3 is 6.18 Å². The molecule has 1 aliphatic heterocycles. The molecule has 28 heavy (non-hydrogen) atoms. The predicted molar refractivity (Wildman–Crippen MR) is 95.0 cm³/mol. The van der Waals surface area contributed by atoms with Crippen LogP contribution in [0.15, 0.2) is 24.3 Å². The number of amides is 2. The SMILES string of the molecule is CC(=O)NCc1nc2c(n1C)CN(C(=O)Cc1cccc(C(F)(F)F)c1)CC2. The molecule has 6 nitrogen and oxygen atoms in total. The van der Waals surface area contributed by atoms with Gasteiger partial charge in [-0.15, -0.1) is 0 Å². The highest BCUT2D eigenvalue weighted by Gasteiger charge is 2.31. The Morgan fingerprint density at radius 1 is 1.29 bits per heavy atom. The number of hydrogen-bond donors (Lipinski definition) is 1. The first kappa shape index (κ1) is 19.9. The van der Waals surface area contributed by atoms with Gasteiger partial charge in [0.05, 0.1) is 36.5 Å². The van der Waals surface area contributed by atoms with Crippen molar-refractivity contribution in [1.29, 1.82) is 0 Å². The van der Waals surface area contributed by atoms with Crippen molar-refractivity contribution >= 4 is 11.8 Å². The van der Waals surface area contributed by atoms with Crippen LogP contribution < -0.4 is 5.32 Å². The summed E-state index contributed by atoms with van der Waals surface area (Å²) < 4.78 is 40.4. The van der Waals surface area contributed by atoms with Crippen molar-refractivity contribution in [2.24, 2.45) is 7.05 Å². The van der Waals surface area contributed by atoms with Crippen LogP contribution in [-0.4, -0.2) is 32.8 Å². The molecule has 9 heteroatoms. The Balaban J connectivity index is 1.70. The molecule has 1 aromatic heterocycles. The zero-order chi connectivity index (χ0) is 20.5. The van der Waals surface area contributed by atoms with Crippen molar-refractivity contribution in [2.45, 2.75) is 39.0 Å². The molecule has 2 aromatic rings. The minimum Gasteiger partial charge on any atom is -0.349 e. The Morgan fingerprint density at radius 2 is 2.04 bits per heavy atom. The van der Waals surface area contributed by atoms with Crippen molar-refractivity contribution in [3.05, 3.63) is 52.6 Å². The molecule has 150 valence electrons. The number of carbonyl (C=O) groups excluding carboxylic acids is 2. The number of carbonyl (C=O) groups is 2. The fourth-order valence-electron chi connectivity index (χ4n) is 3.26. The summed E-state index contributed by atoms with van der Waals surface area (Å²) in [5, 5.41) is 2.70. The van der Waals surface area contributed by atoms with Crippen LogP contribution in [0, 0.1) is 0 Å². The van der Waals surface area contributed by atoms with Crippen molar-refractivity contribution in [2.75, 3.05) is 6.54 Å². The van der Waals surface area contributed by atoms with Gasteiger partial charge in [-0.1, -0.05) is 18.2 Å². The quantitative estimate of drug-likeness (QED) is 0.865. The third-order valence-corrected chi connectivity index (χ3v) is 4.81. The summed E-state index contributed by atoms with van der Waals surface area (Å²) in [4.78, 5) is 29.9. The summed E-state index contributed by atoms with van der Waals surface area (Å²) in [7, 11) is 1.82. The first-order chi connectivity index (χ1) is 13.1. The highest BCUT2D eigenvalue weighted by Crippen LogP contribution is 2.30. The topological polar surface area (TPSA) is 67.2 Å². The molecule has 3 rings (SSSR count). The highest BCUT2D eigenvalue weighted by molar-refractivity contribution is 5.79. The average molecular weight is 394 g/mol. The fourth-order valence-corrected chi connectivity index (χ4v) is 3.26. The first-order valence-electron chi connectivity index (χ1n) is 8.87. The summed E-state index contributed by atoms with van der Waals surface area (Å²) in [6.07, 6.45) is -3.95. The average Bonchev–Trinajstić information content (AvgIpc) is 2.95. The first-order valence-corrected chi connectivity index (χ1v) is 8.87. The Hall–Kier alpha value is -2.84. The second-order valence-corrected chi connectivity index (χ2v) is 6.83. The van der Waals surface area contributed by atoms with E-state index in [2.05, 4.69) is 10.3 Å². The van der Waals surface area contributed by atoms with Crippen LogP contribution >= 0.6 is 0 Å². The van der Waals surface area contributed by atoms with Gasteiger partial charge in [0.2, 0.25) is 11.8 Å². The van der Waals surface area contributed by atoms with Gasteiger partial charge in [0.1, 0.15) is 5.82 Å². The van der Waals surface area contributed by atoms with E-state index in [4.69, 9.17) is 0 Å². The molecule has 0 atom stereocenters. The summed E-state index contributed by atoms with van der Waals surface area (Å²) in [5.41, 5.74) is 1.34. The van der Waals surface area contributed by atoms with Gasteiger partial charge in [0.25, 0.3) is 0 Å². The number of imidazole rings is 1. The van der Waals surface area contributed by atoms with E-state index in [1.165, 1.54) is 19.1 Å². The summed E-state index contributed by atoms with van der Waals surface area (Å²) in [5.74, 6) is 0.320.